The average Bonchev–Trinajstić information content (AvgIpc) is 3.27. The Morgan fingerprint density at radius 2 is 2.04 bits per heavy atom. The van der Waals surface area contributed by atoms with Crippen LogP contribution in [0.3, 0.4) is 0 Å². The van der Waals surface area contributed by atoms with Crippen molar-refractivity contribution >= 4 is 23.3 Å². The first-order valence-electron chi connectivity index (χ1n) is 8.73. The predicted molar refractivity (Wildman–Crippen MR) is 95.0 cm³/mol. The predicted octanol–water partition coefficient (Wildman–Crippen LogP) is 4.35. The number of halogens is 1. The van der Waals surface area contributed by atoms with Gasteiger partial charge in [0.05, 0.1) is 6.54 Å². The molecule has 3 unspecified atom stereocenters. The van der Waals surface area contributed by atoms with Crippen molar-refractivity contribution in [2.45, 2.75) is 38.6 Å². The zero-order chi connectivity index (χ0) is 16.5. The molecule has 0 saturated heterocycles. The molecule has 1 amide bonds. The molecule has 0 radical (unpaired) electrons. The number of anilines is 1. The Kier molecular flexibility index (Phi) is 4.31. The van der Waals surface area contributed by atoms with E-state index in [1.54, 1.807) is 0 Å². The number of nitrogens with zero attached hydrogens (tertiary/aromatic N) is 2. The number of hydrogen-bond acceptors (Lipinski definition) is 2. The fourth-order valence-corrected chi connectivity index (χ4v) is 4.48. The summed E-state index contributed by atoms with van der Waals surface area (Å²) in [5.74, 6) is 2.98. The van der Waals surface area contributed by atoms with Gasteiger partial charge in [0.15, 0.2) is 5.82 Å². The SMILES string of the molecule is O=C(CC1CC2CCC1C2)Nc1ccn(Cc2ccc(Cl)cc2)n1. The first-order valence-corrected chi connectivity index (χ1v) is 9.11. The lowest BCUT2D eigenvalue weighted by atomic mass is 9.86. The quantitative estimate of drug-likeness (QED) is 0.877. The van der Waals surface area contributed by atoms with Gasteiger partial charge in [-0.05, 0) is 54.7 Å². The molecule has 1 heterocycles. The summed E-state index contributed by atoms with van der Waals surface area (Å²) in [4.78, 5) is 12.3. The molecule has 2 aromatic rings. The highest BCUT2D eigenvalue weighted by Gasteiger charge is 2.40. The number of amides is 1. The third kappa shape index (κ3) is 3.48. The number of rotatable bonds is 5. The lowest BCUT2D eigenvalue weighted by molar-refractivity contribution is -0.117. The number of aromatic nitrogens is 2. The first-order chi connectivity index (χ1) is 11.7. The standard InChI is InChI=1S/C19H22ClN3O/c20-17-5-2-13(3-6-17)12-23-8-7-18(22-23)21-19(24)11-16-10-14-1-4-15(16)9-14/h2-3,5-8,14-16H,1,4,9-12H2,(H,21,22,24). The molecule has 0 spiro atoms. The summed E-state index contributed by atoms with van der Waals surface area (Å²) in [7, 11) is 0. The molecule has 1 N–H and O–H groups in total. The van der Waals surface area contributed by atoms with Crippen molar-refractivity contribution in [3.8, 4) is 0 Å². The van der Waals surface area contributed by atoms with Crippen LogP contribution in [0, 0.1) is 17.8 Å². The Morgan fingerprint density at radius 1 is 1.21 bits per heavy atom. The topological polar surface area (TPSA) is 46.9 Å². The van der Waals surface area contributed by atoms with Crippen LogP contribution in [0.15, 0.2) is 36.5 Å². The Morgan fingerprint density at radius 3 is 2.75 bits per heavy atom. The highest BCUT2D eigenvalue weighted by molar-refractivity contribution is 6.30. The second-order valence-electron chi connectivity index (χ2n) is 7.21. The monoisotopic (exact) mass is 343 g/mol. The van der Waals surface area contributed by atoms with Gasteiger partial charge in [-0.15, -0.1) is 0 Å². The summed E-state index contributed by atoms with van der Waals surface area (Å²) in [6.07, 6.45) is 7.81. The van der Waals surface area contributed by atoms with E-state index in [2.05, 4.69) is 10.4 Å². The van der Waals surface area contributed by atoms with Crippen molar-refractivity contribution in [1.29, 1.82) is 0 Å². The number of nitrogens with one attached hydrogen (secondary N) is 1. The number of carbonyl (C=O) groups is 1. The largest absolute Gasteiger partial charge is 0.309 e. The molecule has 1 aromatic carbocycles. The van der Waals surface area contributed by atoms with E-state index >= 15 is 0 Å². The van der Waals surface area contributed by atoms with E-state index in [1.165, 1.54) is 25.7 Å². The van der Waals surface area contributed by atoms with Crippen LogP contribution >= 0.6 is 11.6 Å². The minimum atomic E-state index is 0.101. The molecule has 2 saturated carbocycles. The van der Waals surface area contributed by atoms with Gasteiger partial charge in [0.2, 0.25) is 5.91 Å². The Labute approximate surface area is 147 Å². The van der Waals surface area contributed by atoms with Crippen LogP contribution in [0.4, 0.5) is 5.82 Å². The van der Waals surface area contributed by atoms with Crippen molar-refractivity contribution in [1.82, 2.24) is 9.78 Å². The van der Waals surface area contributed by atoms with E-state index in [-0.39, 0.29) is 5.91 Å². The molecule has 126 valence electrons. The molecule has 1 aromatic heterocycles. The van der Waals surface area contributed by atoms with Crippen LogP contribution in [-0.2, 0) is 11.3 Å². The molecule has 2 aliphatic rings. The number of benzene rings is 1. The minimum Gasteiger partial charge on any atom is -0.309 e. The summed E-state index contributed by atoms with van der Waals surface area (Å²) in [6.45, 7) is 0.666. The van der Waals surface area contributed by atoms with Crippen LogP contribution in [0.5, 0.6) is 0 Å². The van der Waals surface area contributed by atoms with Crippen molar-refractivity contribution in [3.63, 3.8) is 0 Å². The zero-order valence-corrected chi connectivity index (χ0v) is 14.4. The lowest BCUT2D eigenvalue weighted by Crippen LogP contribution is -2.20. The average molecular weight is 344 g/mol. The van der Waals surface area contributed by atoms with E-state index in [4.69, 9.17) is 11.6 Å². The van der Waals surface area contributed by atoms with Gasteiger partial charge in [-0.3, -0.25) is 9.48 Å². The molecule has 3 atom stereocenters. The highest BCUT2D eigenvalue weighted by atomic mass is 35.5. The Hall–Kier alpha value is -1.81. The molecule has 2 fully saturated rings. The van der Waals surface area contributed by atoms with Gasteiger partial charge in [-0.1, -0.05) is 30.2 Å². The molecule has 2 aliphatic carbocycles. The molecule has 0 aliphatic heterocycles. The maximum absolute atomic E-state index is 12.3. The normalized spacial score (nSPS) is 25.1. The van der Waals surface area contributed by atoms with Crippen LogP contribution in [0.25, 0.3) is 0 Å². The Balaban J connectivity index is 1.31. The number of hydrogen-bond donors (Lipinski definition) is 1. The van der Waals surface area contributed by atoms with Crippen LogP contribution in [0.2, 0.25) is 5.02 Å². The van der Waals surface area contributed by atoms with Crippen LogP contribution in [-0.4, -0.2) is 15.7 Å². The smallest absolute Gasteiger partial charge is 0.225 e. The second kappa shape index (κ2) is 6.60. The molecule has 5 heteroatoms. The van der Waals surface area contributed by atoms with E-state index in [0.717, 1.165) is 22.4 Å². The summed E-state index contributed by atoms with van der Waals surface area (Å²) >= 11 is 5.90. The molecule has 2 bridgehead atoms. The van der Waals surface area contributed by atoms with Gasteiger partial charge in [-0.25, -0.2) is 0 Å². The van der Waals surface area contributed by atoms with E-state index < -0.39 is 0 Å². The molecule has 24 heavy (non-hydrogen) atoms. The summed E-state index contributed by atoms with van der Waals surface area (Å²) in [6, 6.07) is 9.57. The van der Waals surface area contributed by atoms with Gasteiger partial charge in [-0.2, -0.15) is 5.10 Å². The Bertz CT molecular complexity index is 724. The maximum atomic E-state index is 12.3. The third-order valence-corrected chi connectivity index (χ3v) is 5.75. The fourth-order valence-electron chi connectivity index (χ4n) is 4.35. The zero-order valence-electron chi connectivity index (χ0n) is 13.6. The summed E-state index contributed by atoms with van der Waals surface area (Å²) < 4.78 is 1.83. The van der Waals surface area contributed by atoms with Gasteiger partial charge in [0.25, 0.3) is 0 Å². The lowest BCUT2D eigenvalue weighted by Gasteiger charge is -2.20. The van der Waals surface area contributed by atoms with Gasteiger partial charge in [0, 0.05) is 23.7 Å². The van der Waals surface area contributed by atoms with Crippen LogP contribution < -0.4 is 5.32 Å². The van der Waals surface area contributed by atoms with Gasteiger partial charge >= 0.3 is 0 Å². The van der Waals surface area contributed by atoms with E-state index in [0.29, 0.717) is 24.7 Å². The highest BCUT2D eigenvalue weighted by Crippen LogP contribution is 2.49. The van der Waals surface area contributed by atoms with E-state index in [9.17, 15) is 4.79 Å². The first kappa shape index (κ1) is 15.7. The summed E-state index contributed by atoms with van der Waals surface area (Å²) in [5, 5.41) is 8.12. The maximum Gasteiger partial charge on any atom is 0.225 e. The fraction of sp³-hybridized carbons (Fsp3) is 0.474. The van der Waals surface area contributed by atoms with Crippen molar-refractivity contribution in [3.05, 3.63) is 47.1 Å². The minimum absolute atomic E-state index is 0.101. The molecular formula is C19H22ClN3O. The van der Waals surface area contributed by atoms with Crippen molar-refractivity contribution in [2.75, 3.05) is 5.32 Å². The van der Waals surface area contributed by atoms with E-state index in [1.807, 2.05) is 41.2 Å². The summed E-state index contributed by atoms with van der Waals surface area (Å²) in [5.41, 5.74) is 1.13. The molecule has 4 nitrogen and oxygen atoms in total. The number of fused-ring (bicyclic) bond motifs is 2. The van der Waals surface area contributed by atoms with Crippen molar-refractivity contribution in [2.24, 2.45) is 17.8 Å². The van der Waals surface area contributed by atoms with Gasteiger partial charge in [0.1, 0.15) is 0 Å². The number of carbonyl (C=O) groups excluding carboxylic acids is 1. The third-order valence-electron chi connectivity index (χ3n) is 5.50. The van der Waals surface area contributed by atoms with Crippen molar-refractivity contribution < 1.29 is 4.79 Å². The molecular weight excluding hydrogens is 322 g/mol. The molecule has 4 rings (SSSR count). The second-order valence-corrected chi connectivity index (χ2v) is 7.65. The van der Waals surface area contributed by atoms with Crippen LogP contribution in [0.1, 0.15) is 37.7 Å². The van der Waals surface area contributed by atoms with Gasteiger partial charge < -0.3 is 5.32 Å².